The van der Waals surface area contributed by atoms with Crippen LogP contribution in [0.25, 0.3) is 0 Å². The predicted molar refractivity (Wildman–Crippen MR) is 132 cm³/mol. The number of carbonyl (C=O) groups is 1. The standard InChI is InChI=1S/C25H31N5O3S/c26-19-21-7-3-4-8-24(21)34(32,33)30-17-15-28(16-18-30)20-25(31)27-22-9-11-23(12-10-22)29-13-5-1-2-6-14-29/h3-4,7-12H,1-2,5-6,13-18,20H2,(H,27,31). The van der Waals surface area contributed by atoms with E-state index in [2.05, 4.69) is 22.3 Å². The van der Waals surface area contributed by atoms with Gasteiger partial charge in [0.15, 0.2) is 0 Å². The first kappa shape index (κ1) is 24.2. The second-order valence-electron chi connectivity index (χ2n) is 8.78. The van der Waals surface area contributed by atoms with Crippen molar-refractivity contribution in [3.05, 3.63) is 54.1 Å². The molecule has 2 saturated heterocycles. The number of nitrogens with one attached hydrogen (secondary N) is 1. The van der Waals surface area contributed by atoms with Crippen LogP contribution in [0.1, 0.15) is 31.2 Å². The maximum absolute atomic E-state index is 13.0. The number of benzene rings is 2. The number of amides is 1. The van der Waals surface area contributed by atoms with Crippen molar-refractivity contribution in [2.24, 2.45) is 0 Å². The van der Waals surface area contributed by atoms with E-state index in [1.165, 1.54) is 47.8 Å². The zero-order valence-corrected chi connectivity index (χ0v) is 20.1. The van der Waals surface area contributed by atoms with Crippen LogP contribution < -0.4 is 10.2 Å². The Morgan fingerprint density at radius 1 is 0.882 bits per heavy atom. The molecule has 2 aliphatic heterocycles. The van der Waals surface area contributed by atoms with Gasteiger partial charge in [0.05, 0.1) is 17.0 Å². The molecule has 2 fully saturated rings. The third-order valence-corrected chi connectivity index (χ3v) is 8.40. The molecular weight excluding hydrogens is 450 g/mol. The Morgan fingerprint density at radius 3 is 2.18 bits per heavy atom. The van der Waals surface area contributed by atoms with E-state index < -0.39 is 10.0 Å². The van der Waals surface area contributed by atoms with E-state index in [-0.39, 0.29) is 36.0 Å². The average Bonchev–Trinajstić information content (AvgIpc) is 3.14. The van der Waals surface area contributed by atoms with Gasteiger partial charge in [-0.1, -0.05) is 25.0 Å². The van der Waals surface area contributed by atoms with Gasteiger partial charge in [-0.3, -0.25) is 9.69 Å². The minimum atomic E-state index is -3.74. The zero-order valence-electron chi connectivity index (χ0n) is 19.3. The molecule has 34 heavy (non-hydrogen) atoms. The highest BCUT2D eigenvalue weighted by Crippen LogP contribution is 2.23. The molecule has 2 heterocycles. The summed E-state index contributed by atoms with van der Waals surface area (Å²) in [6.07, 6.45) is 5.02. The normalized spacial score (nSPS) is 18.1. The number of anilines is 2. The quantitative estimate of drug-likeness (QED) is 0.682. The van der Waals surface area contributed by atoms with Crippen molar-refractivity contribution in [3.63, 3.8) is 0 Å². The number of piperazine rings is 1. The van der Waals surface area contributed by atoms with Crippen molar-refractivity contribution in [2.75, 3.05) is 56.0 Å². The lowest BCUT2D eigenvalue weighted by atomic mass is 10.2. The fourth-order valence-electron chi connectivity index (χ4n) is 4.54. The molecule has 4 rings (SSSR count). The summed E-state index contributed by atoms with van der Waals surface area (Å²) in [6.45, 7) is 3.83. The lowest BCUT2D eigenvalue weighted by molar-refractivity contribution is -0.117. The zero-order chi connectivity index (χ0) is 24.0. The van der Waals surface area contributed by atoms with Crippen molar-refractivity contribution in [2.45, 2.75) is 30.6 Å². The molecule has 0 saturated carbocycles. The summed E-state index contributed by atoms with van der Waals surface area (Å²) in [5.41, 5.74) is 2.10. The lowest BCUT2D eigenvalue weighted by Crippen LogP contribution is -2.50. The lowest BCUT2D eigenvalue weighted by Gasteiger charge is -2.33. The number of rotatable bonds is 6. The van der Waals surface area contributed by atoms with Gasteiger partial charge in [-0.2, -0.15) is 9.57 Å². The largest absolute Gasteiger partial charge is 0.372 e. The van der Waals surface area contributed by atoms with Gasteiger partial charge >= 0.3 is 0 Å². The van der Waals surface area contributed by atoms with Crippen molar-refractivity contribution in [3.8, 4) is 6.07 Å². The Bertz CT molecular complexity index is 1130. The minimum Gasteiger partial charge on any atom is -0.372 e. The maximum Gasteiger partial charge on any atom is 0.244 e. The van der Waals surface area contributed by atoms with Crippen LogP contribution in [0.5, 0.6) is 0 Å². The van der Waals surface area contributed by atoms with Crippen LogP contribution in [0.4, 0.5) is 11.4 Å². The monoisotopic (exact) mass is 481 g/mol. The third-order valence-electron chi connectivity index (χ3n) is 6.45. The summed E-state index contributed by atoms with van der Waals surface area (Å²) in [7, 11) is -3.74. The van der Waals surface area contributed by atoms with Crippen LogP contribution in [-0.2, 0) is 14.8 Å². The van der Waals surface area contributed by atoms with E-state index in [1.807, 2.05) is 23.1 Å². The van der Waals surface area contributed by atoms with Gasteiger partial charge in [0.2, 0.25) is 15.9 Å². The highest BCUT2D eigenvalue weighted by atomic mass is 32.2. The number of carbonyl (C=O) groups excluding carboxylic acids is 1. The van der Waals surface area contributed by atoms with Gasteiger partial charge in [-0.25, -0.2) is 8.42 Å². The van der Waals surface area contributed by atoms with Crippen molar-refractivity contribution < 1.29 is 13.2 Å². The van der Waals surface area contributed by atoms with Gasteiger partial charge < -0.3 is 10.2 Å². The summed E-state index contributed by atoms with van der Waals surface area (Å²) >= 11 is 0. The first-order valence-corrected chi connectivity index (χ1v) is 13.3. The fourth-order valence-corrected chi connectivity index (χ4v) is 6.10. The SMILES string of the molecule is N#Cc1ccccc1S(=O)(=O)N1CCN(CC(=O)Nc2ccc(N3CCCCCC3)cc2)CC1. The van der Waals surface area contributed by atoms with Gasteiger partial charge in [-0.15, -0.1) is 0 Å². The predicted octanol–water partition coefficient (Wildman–Crippen LogP) is 2.88. The summed E-state index contributed by atoms with van der Waals surface area (Å²) in [6, 6.07) is 16.2. The van der Waals surface area contributed by atoms with E-state index in [0.717, 1.165) is 18.8 Å². The van der Waals surface area contributed by atoms with E-state index in [9.17, 15) is 18.5 Å². The van der Waals surface area contributed by atoms with Gasteiger partial charge in [0.25, 0.3) is 0 Å². The van der Waals surface area contributed by atoms with Crippen LogP contribution >= 0.6 is 0 Å². The molecule has 1 amide bonds. The fraction of sp³-hybridized carbons (Fsp3) is 0.440. The van der Waals surface area contributed by atoms with Crippen molar-refractivity contribution in [1.82, 2.24) is 9.21 Å². The highest BCUT2D eigenvalue weighted by molar-refractivity contribution is 7.89. The molecule has 8 nitrogen and oxygen atoms in total. The molecule has 0 unspecified atom stereocenters. The number of hydrogen-bond acceptors (Lipinski definition) is 6. The Kier molecular flexibility index (Phi) is 7.83. The molecular formula is C25H31N5O3S. The number of nitriles is 1. The van der Waals surface area contributed by atoms with E-state index >= 15 is 0 Å². The third kappa shape index (κ3) is 5.76. The van der Waals surface area contributed by atoms with E-state index in [0.29, 0.717) is 13.1 Å². The van der Waals surface area contributed by atoms with Crippen LogP contribution in [0.3, 0.4) is 0 Å². The molecule has 1 N–H and O–H groups in total. The molecule has 0 atom stereocenters. The van der Waals surface area contributed by atoms with Crippen LogP contribution in [0.15, 0.2) is 53.4 Å². The summed E-state index contributed by atoms with van der Waals surface area (Å²) in [5, 5.41) is 12.2. The molecule has 0 bridgehead atoms. The molecule has 180 valence electrons. The molecule has 2 aromatic carbocycles. The molecule has 0 radical (unpaired) electrons. The Morgan fingerprint density at radius 2 is 1.53 bits per heavy atom. The van der Waals surface area contributed by atoms with E-state index in [4.69, 9.17) is 0 Å². The Labute approximate surface area is 201 Å². The van der Waals surface area contributed by atoms with Crippen molar-refractivity contribution in [1.29, 1.82) is 5.26 Å². The summed E-state index contributed by atoms with van der Waals surface area (Å²) in [5.74, 6) is -0.117. The van der Waals surface area contributed by atoms with Gasteiger partial charge in [0, 0.05) is 50.6 Å². The molecule has 0 aromatic heterocycles. The average molecular weight is 482 g/mol. The molecule has 0 spiro atoms. The first-order valence-electron chi connectivity index (χ1n) is 11.8. The Balaban J connectivity index is 1.28. The molecule has 0 aliphatic carbocycles. The summed E-state index contributed by atoms with van der Waals surface area (Å²) < 4.78 is 27.3. The summed E-state index contributed by atoms with van der Waals surface area (Å²) in [4.78, 5) is 17.0. The van der Waals surface area contributed by atoms with Crippen LogP contribution in [-0.4, -0.2) is 69.3 Å². The minimum absolute atomic E-state index is 0.0346. The van der Waals surface area contributed by atoms with Crippen molar-refractivity contribution >= 4 is 27.3 Å². The smallest absolute Gasteiger partial charge is 0.244 e. The highest BCUT2D eigenvalue weighted by Gasteiger charge is 2.30. The number of hydrogen-bond donors (Lipinski definition) is 1. The van der Waals surface area contributed by atoms with E-state index in [1.54, 1.807) is 12.1 Å². The number of sulfonamides is 1. The molecule has 2 aliphatic rings. The number of nitrogens with zero attached hydrogens (tertiary/aromatic N) is 4. The molecule has 9 heteroatoms. The van der Waals surface area contributed by atoms with Crippen LogP contribution in [0, 0.1) is 11.3 Å². The first-order chi connectivity index (χ1) is 16.5. The van der Waals surface area contributed by atoms with Gasteiger partial charge in [0.1, 0.15) is 6.07 Å². The van der Waals surface area contributed by atoms with Crippen LogP contribution in [0.2, 0.25) is 0 Å². The van der Waals surface area contributed by atoms with Gasteiger partial charge in [-0.05, 0) is 49.2 Å². The second kappa shape index (κ2) is 11.0. The maximum atomic E-state index is 13.0. The topological polar surface area (TPSA) is 96.7 Å². The molecule has 2 aromatic rings. The Hall–Kier alpha value is -2.93. The second-order valence-corrected chi connectivity index (χ2v) is 10.7.